The zero-order valence-corrected chi connectivity index (χ0v) is 13.9. The van der Waals surface area contributed by atoms with Gasteiger partial charge >= 0.3 is 0 Å². The van der Waals surface area contributed by atoms with Crippen LogP contribution in [0.4, 0.5) is 11.4 Å². The normalized spacial score (nSPS) is 10.6. The highest BCUT2D eigenvalue weighted by Gasteiger charge is 2.20. The van der Waals surface area contributed by atoms with Crippen molar-refractivity contribution in [2.75, 3.05) is 24.3 Å². The van der Waals surface area contributed by atoms with Gasteiger partial charge in [0.15, 0.2) is 0 Å². The van der Waals surface area contributed by atoms with Gasteiger partial charge in [-0.25, -0.2) is 0 Å². The molecular weight excluding hydrogens is 318 g/mol. The minimum atomic E-state index is -0.471. The van der Waals surface area contributed by atoms with Crippen molar-refractivity contribution in [1.29, 1.82) is 0 Å². The van der Waals surface area contributed by atoms with Gasteiger partial charge in [0.25, 0.3) is 10.9 Å². The Balaban J connectivity index is 1.56. The number of hydrogen-bond donors (Lipinski definition) is 2. The maximum atomic E-state index is 11.8. The van der Waals surface area contributed by atoms with E-state index in [1.54, 1.807) is 19.5 Å². The Morgan fingerprint density at radius 2 is 1.52 bits per heavy atom. The molecule has 0 fully saturated rings. The molecule has 0 bridgehead atoms. The maximum Gasteiger partial charge on any atom is 0.253 e. The summed E-state index contributed by atoms with van der Waals surface area (Å²) < 4.78 is 5.12. The highest BCUT2D eigenvalue weighted by molar-refractivity contribution is 5.74. The third kappa shape index (κ3) is 3.85. The van der Waals surface area contributed by atoms with Gasteiger partial charge < -0.3 is 15.4 Å². The number of nitrogens with one attached hydrogen (secondary N) is 2. The first-order chi connectivity index (χ1) is 12.2. The Labute approximate surface area is 145 Å². The van der Waals surface area contributed by atoms with Crippen molar-refractivity contribution in [3.63, 3.8) is 0 Å². The summed E-state index contributed by atoms with van der Waals surface area (Å²) in [4.78, 5) is 27.5. The summed E-state index contributed by atoms with van der Waals surface area (Å²) in [6.45, 7) is 1.04. The fourth-order valence-corrected chi connectivity index (χ4v) is 2.54. The van der Waals surface area contributed by atoms with E-state index in [0.29, 0.717) is 24.5 Å². The zero-order chi connectivity index (χ0) is 17.6. The lowest BCUT2D eigenvalue weighted by Crippen LogP contribution is -2.37. The van der Waals surface area contributed by atoms with E-state index >= 15 is 0 Å². The van der Waals surface area contributed by atoms with Crippen LogP contribution in [0.1, 0.15) is 11.1 Å². The summed E-state index contributed by atoms with van der Waals surface area (Å²) in [6, 6.07) is 11.5. The molecule has 128 valence electrons. The molecule has 2 aromatic carbocycles. The van der Waals surface area contributed by atoms with E-state index in [1.807, 2.05) is 36.4 Å². The van der Waals surface area contributed by atoms with Crippen LogP contribution in [0.3, 0.4) is 0 Å². The van der Waals surface area contributed by atoms with Crippen LogP contribution in [-0.2, 0) is 13.0 Å². The Bertz CT molecular complexity index is 898. The summed E-state index contributed by atoms with van der Waals surface area (Å²) in [6.07, 6.45) is 4.12. The number of benzene rings is 1. The molecule has 6 nitrogen and oxygen atoms in total. The largest absolute Gasteiger partial charge is 0.497 e. The molecule has 0 unspecified atom stereocenters. The highest BCUT2D eigenvalue weighted by Crippen LogP contribution is 2.16. The number of pyridine rings is 1. The van der Waals surface area contributed by atoms with Crippen LogP contribution in [0.2, 0.25) is 0 Å². The van der Waals surface area contributed by atoms with Crippen molar-refractivity contribution in [3.8, 4) is 5.75 Å². The van der Waals surface area contributed by atoms with Gasteiger partial charge in [-0.15, -0.1) is 0 Å². The second kappa shape index (κ2) is 7.61. The zero-order valence-electron chi connectivity index (χ0n) is 13.9. The first kappa shape index (κ1) is 16.7. The number of rotatable bonds is 8. The molecular formula is C19H19N3O3. The molecule has 1 aromatic heterocycles. The molecule has 0 spiro atoms. The highest BCUT2D eigenvalue weighted by atomic mass is 16.5. The number of ether oxygens (including phenoxy) is 1. The van der Waals surface area contributed by atoms with Crippen molar-refractivity contribution in [2.24, 2.45) is 0 Å². The molecule has 0 radical (unpaired) electrons. The summed E-state index contributed by atoms with van der Waals surface area (Å²) in [5, 5.41) is 6.10. The van der Waals surface area contributed by atoms with Crippen LogP contribution < -0.4 is 26.2 Å². The average Bonchev–Trinajstić information content (AvgIpc) is 2.67. The van der Waals surface area contributed by atoms with E-state index in [4.69, 9.17) is 4.74 Å². The SMILES string of the molecule is COc1ccc(CCNc2c(NCc3ccncc3)c(=O)c2=O)cc1. The van der Waals surface area contributed by atoms with Gasteiger partial charge in [0.05, 0.1) is 7.11 Å². The molecule has 0 saturated carbocycles. The molecule has 0 atom stereocenters. The summed E-state index contributed by atoms with van der Waals surface area (Å²) in [5.74, 6) is 0.807. The van der Waals surface area contributed by atoms with Gasteiger partial charge in [-0.3, -0.25) is 14.6 Å². The lowest BCUT2D eigenvalue weighted by Gasteiger charge is -2.15. The first-order valence-electron chi connectivity index (χ1n) is 8.02. The van der Waals surface area contributed by atoms with Gasteiger partial charge in [0.2, 0.25) is 0 Å². The van der Waals surface area contributed by atoms with E-state index in [9.17, 15) is 9.59 Å². The van der Waals surface area contributed by atoms with Crippen LogP contribution in [0.15, 0.2) is 58.4 Å². The van der Waals surface area contributed by atoms with Gasteiger partial charge in [-0.05, 0) is 41.8 Å². The van der Waals surface area contributed by atoms with E-state index in [1.165, 1.54) is 0 Å². The number of anilines is 2. The van der Waals surface area contributed by atoms with Crippen LogP contribution >= 0.6 is 0 Å². The second-order valence-corrected chi connectivity index (χ2v) is 5.64. The molecule has 2 N–H and O–H groups in total. The van der Waals surface area contributed by atoms with Crippen molar-refractivity contribution in [3.05, 3.63) is 80.4 Å². The van der Waals surface area contributed by atoms with Crippen LogP contribution in [-0.4, -0.2) is 18.6 Å². The predicted octanol–water partition coefficient (Wildman–Crippen LogP) is 1.95. The number of methoxy groups -OCH3 is 1. The standard InChI is InChI=1S/C19H19N3O3/c1-25-15-4-2-13(3-5-15)8-11-21-16-17(19(24)18(16)23)22-12-14-6-9-20-10-7-14/h2-7,9-10,21-22H,8,11-12H2,1H3. The van der Waals surface area contributed by atoms with Gasteiger partial charge in [0, 0.05) is 25.5 Å². The number of hydrogen-bond acceptors (Lipinski definition) is 6. The smallest absolute Gasteiger partial charge is 0.253 e. The molecule has 25 heavy (non-hydrogen) atoms. The Hall–Kier alpha value is -3.15. The predicted molar refractivity (Wildman–Crippen MR) is 98.1 cm³/mol. The number of aromatic nitrogens is 1. The van der Waals surface area contributed by atoms with Crippen molar-refractivity contribution in [2.45, 2.75) is 13.0 Å². The van der Waals surface area contributed by atoms with Crippen molar-refractivity contribution in [1.82, 2.24) is 4.98 Å². The molecule has 6 heteroatoms. The summed E-state index contributed by atoms with van der Waals surface area (Å²) in [5.41, 5.74) is 1.91. The minimum absolute atomic E-state index is 0.358. The fourth-order valence-electron chi connectivity index (χ4n) is 2.54. The molecule has 3 rings (SSSR count). The lowest BCUT2D eigenvalue weighted by atomic mass is 10.1. The topological polar surface area (TPSA) is 80.3 Å². The summed E-state index contributed by atoms with van der Waals surface area (Å²) >= 11 is 0. The fraction of sp³-hybridized carbons (Fsp3) is 0.211. The lowest BCUT2D eigenvalue weighted by molar-refractivity contribution is 0.414. The first-order valence-corrected chi connectivity index (χ1v) is 8.02. The van der Waals surface area contributed by atoms with E-state index in [2.05, 4.69) is 15.6 Å². The monoisotopic (exact) mass is 337 g/mol. The van der Waals surface area contributed by atoms with Gasteiger partial charge in [-0.1, -0.05) is 12.1 Å². The number of nitrogens with zero attached hydrogens (tertiary/aromatic N) is 1. The van der Waals surface area contributed by atoms with Crippen LogP contribution in [0.5, 0.6) is 5.75 Å². The minimum Gasteiger partial charge on any atom is -0.497 e. The third-order valence-electron chi connectivity index (χ3n) is 4.00. The van der Waals surface area contributed by atoms with E-state index in [-0.39, 0.29) is 0 Å². The van der Waals surface area contributed by atoms with Gasteiger partial charge in [-0.2, -0.15) is 0 Å². The molecule has 3 aromatic rings. The quantitative estimate of drug-likeness (QED) is 0.612. The van der Waals surface area contributed by atoms with Crippen LogP contribution in [0, 0.1) is 0 Å². The van der Waals surface area contributed by atoms with Crippen LogP contribution in [0.25, 0.3) is 0 Å². The molecule has 0 aliphatic carbocycles. The summed E-state index contributed by atoms with van der Waals surface area (Å²) in [7, 11) is 1.63. The van der Waals surface area contributed by atoms with Crippen molar-refractivity contribution >= 4 is 11.4 Å². The average molecular weight is 337 g/mol. The second-order valence-electron chi connectivity index (χ2n) is 5.64. The molecule has 1 heterocycles. The van der Waals surface area contributed by atoms with Crippen molar-refractivity contribution < 1.29 is 4.74 Å². The maximum absolute atomic E-state index is 11.8. The van der Waals surface area contributed by atoms with E-state index in [0.717, 1.165) is 23.3 Å². The molecule has 0 saturated heterocycles. The third-order valence-corrected chi connectivity index (χ3v) is 4.00. The Morgan fingerprint density at radius 1 is 0.880 bits per heavy atom. The molecule has 0 aliphatic heterocycles. The molecule has 0 amide bonds. The van der Waals surface area contributed by atoms with Gasteiger partial charge in [0.1, 0.15) is 17.1 Å². The Kier molecular flexibility index (Phi) is 5.09. The van der Waals surface area contributed by atoms with E-state index < -0.39 is 10.9 Å². The Morgan fingerprint density at radius 3 is 2.16 bits per heavy atom. The molecule has 0 aliphatic rings.